The van der Waals surface area contributed by atoms with Crippen LogP contribution in [-0.4, -0.2) is 28.2 Å². The molecule has 0 aromatic carbocycles. The van der Waals surface area contributed by atoms with E-state index in [1.54, 1.807) is 0 Å². The Morgan fingerprint density at radius 1 is 1.56 bits per heavy atom. The van der Waals surface area contributed by atoms with Crippen LogP contribution in [0, 0.1) is 5.92 Å². The molecular formula is C10H15BrClN3O. The normalized spacial score (nSPS) is 12.5. The highest BCUT2D eigenvalue weighted by Crippen LogP contribution is 2.25. The minimum atomic E-state index is 0.239. The van der Waals surface area contributed by atoms with Crippen molar-refractivity contribution >= 4 is 33.3 Å². The van der Waals surface area contributed by atoms with Crippen molar-refractivity contribution in [2.45, 2.75) is 19.8 Å². The van der Waals surface area contributed by atoms with Crippen molar-refractivity contribution in [2.75, 3.05) is 18.5 Å². The zero-order chi connectivity index (χ0) is 12.0. The van der Waals surface area contributed by atoms with Crippen molar-refractivity contribution in [1.82, 2.24) is 9.97 Å². The van der Waals surface area contributed by atoms with Gasteiger partial charge in [0.05, 0.1) is 4.47 Å². The molecule has 16 heavy (non-hydrogen) atoms. The lowest BCUT2D eigenvalue weighted by Crippen LogP contribution is -2.08. The van der Waals surface area contributed by atoms with Gasteiger partial charge in [-0.3, -0.25) is 0 Å². The maximum Gasteiger partial charge on any atom is 0.148 e. The summed E-state index contributed by atoms with van der Waals surface area (Å²) in [7, 11) is 0. The topological polar surface area (TPSA) is 58.0 Å². The fourth-order valence-electron chi connectivity index (χ4n) is 1.22. The van der Waals surface area contributed by atoms with Gasteiger partial charge in [-0.15, -0.1) is 0 Å². The van der Waals surface area contributed by atoms with Crippen LogP contribution in [0.15, 0.2) is 10.8 Å². The Hall–Kier alpha value is -0.390. The maximum atomic E-state index is 8.87. The molecule has 0 saturated carbocycles. The SMILES string of the molecule is CC(CO)CCCNc1ncnc(Cl)c1Br. The number of aliphatic hydroxyl groups excluding tert-OH is 1. The Balaban J connectivity index is 2.35. The summed E-state index contributed by atoms with van der Waals surface area (Å²) in [5, 5.41) is 12.4. The smallest absolute Gasteiger partial charge is 0.148 e. The summed E-state index contributed by atoms with van der Waals surface area (Å²) >= 11 is 9.14. The molecule has 1 rings (SSSR count). The van der Waals surface area contributed by atoms with Crippen LogP contribution in [0.2, 0.25) is 5.15 Å². The van der Waals surface area contributed by atoms with E-state index >= 15 is 0 Å². The summed E-state index contributed by atoms with van der Waals surface area (Å²) in [5.74, 6) is 1.05. The number of nitrogens with zero attached hydrogens (tertiary/aromatic N) is 2. The number of nitrogens with one attached hydrogen (secondary N) is 1. The zero-order valence-corrected chi connectivity index (χ0v) is 11.4. The Morgan fingerprint density at radius 2 is 2.31 bits per heavy atom. The monoisotopic (exact) mass is 307 g/mol. The van der Waals surface area contributed by atoms with Crippen molar-refractivity contribution in [2.24, 2.45) is 5.92 Å². The molecule has 0 aliphatic carbocycles. The summed E-state index contributed by atoms with van der Waals surface area (Å²) in [6.45, 7) is 3.07. The summed E-state index contributed by atoms with van der Waals surface area (Å²) in [4.78, 5) is 7.92. The van der Waals surface area contributed by atoms with E-state index in [9.17, 15) is 0 Å². The fourth-order valence-corrected chi connectivity index (χ4v) is 1.70. The second kappa shape index (κ2) is 7.04. The van der Waals surface area contributed by atoms with E-state index in [1.807, 2.05) is 6.92 Å². The second-order valence-electron chi connectivity index (χ2n) is 3.68. The third-order valence-electron chi connectivity index (χ3n) is 2.22. The standard InChI is InChI=1S/C10H15BrClN3O/c1-7(5-16)3-2-4-13-10-8(11)9(12)14-6-15-10/h6-7,16H,2-5H2,1H3,(H,13,14,15). The number of halogens is 2. The number of aliphatic hydroxyl groups is 1. The molecule has 0 aliphatic rings. The molecule has 1 aromatic rings. The minimum Gasteiger partial charge on any atom is -0.396 e. The molecule has 2 N–H and O–H groups in total. The lowest BCUT2D eigenvalue weighted by atomic mass is 10.1. The molecule has 0 fully saturated rings. The fraction of sp³-hybridized carbons (Fsp3) is 0.600. The predicted octanol–water partition coefficient (Wildman–Crippen LogP) is 2.71. The van der Waals surface area contributed by atoms with Gasteiger partial charge in [0.15, 0.2) is 0 Å². The third kappa shape index (κ3) is 4.23. The Kier molecular flexibility index (Phi) is 6.01. The lowest BCUT2D eigenvalue weighted by molar-refractivity contribution is 0.229. The molecule has 1 atom stereocenters. The van der Waals surface area contributed by atoms with E-state index < -0.39 is 0 Å². The Labute approximate surface area is 109 Å². The van der Waals surface area contributed by atoms with E-state index in [4.69, 9.17) is 16.7 Å². The molecule has 0 saturated heterocycles. The first-order chi connectivity index (χ1) is 7.65. The minimum absolute atomic E-state index is 0.239. The van der Waals surface area contributed by atoms with Gasteiger partial charge in [0.1, 0.15) is 17.3 Å². The maximum absolute atomic E-state index is 8.87. The first kappa shape index (κ1) is 13.7. The first-order valence-corrected chi connectivity index (χ1v) is 6.33. The quantitative estimate of drug-likeness (QED) is 0.627. The van der Waals surface area contributed by atoms with Crippen molar-refractivity contribution in [3.05, 3.63) is 16.0 Å². The van der Waals surface area contributed by atoms with Gasteiger partial charge in [0.25, 0.3) is 0 Å². The van der Waals surface area contributed by atoms with E-state index in [2.05, 4.69) is 31.2 Å². The average Bonchev–Trinajstić information content (AvgIpc) is 2.29. The van der Waals surface area contributed by atoms with Crippen LogP contribution in [0.1, 0.15) is 19.8 Å². The average molecular weight is 309 g/mol. The Morgan fingerprint density at radius 3 is 3.00 bits per heavy atom. The largest absolute Gasteiger partial charge is 0.396 e. The van der Waals surface area contributed by atoms with Crippen molar-refractivity contribution in [1.29, 1.82) is 0 Å². The summed E-state index contributed by atoms with van der Waals surface area (Å²) in [6.07, 6.45) is 3.39. The number of aromatic nitrogens is 2. The summed E-state index contributed by atoms with van der Waals surface area (Å²) < 4.78 is 0.687. The van der Waals surface area contributed by atoms with Gasteiger partial charge in [-0.05, 0) is 34.7 Å². The van der Waals surface area contributed by atoms with Crippen LogP contribution in [0.3, 0.4) is 0 Å². The molecule has 0 bridgehead atoms. The highest BCUT2D eigenvalue weighted by atomic mass is 79.9. The van der Waals surface area contributed by atoms with Crippen LogP contribution in [0.5, 0.6) is 0 Å². The van der Waals surface area contributed by atoms with E-state index in [1.165, 1.54) is 6.33 Å². The van der Waals surface area contributed by atoms with Gasteiger partial charge in [0, 0.05) is 13.2 Å². The number of hydrogen-bond acceptors (Lipinski definition) is 4. The molecule has 4 nitrogen and oxygen atoms in total. The van der Waals surface area contributed by atoms with Gasteiger partial charge >= 0.3 is 0 Å². The van der Waals surface area contributed by atoms with Gasteiger partial charge in [0.2, 0.25) is 0 Å². The van der Waals surface area contributed by atoms with Crippen molar-refractivity contribution in [3.63, 3.8) is 0 Å². The molecule has 1 aromatic heterocycles. The van der Waals surface area contributed by atoms with Crippen molar-refractivity contribution < 1.29 is 5.11 Å². The molecule has 0 spiro atoms. The third-order valence-corrected chi connectivity index (χ3v) is 3.49. The van der Waals surface area contributed by atoms with Crippen LogP contribution in [0.25, 0.3) is 0 Å². The molecule has 6 heteroatoms. The number of hydrogen-bond donors (Lipinski definition) is 2. The number of anilines is 1. The summed E-state index contributed by atoms with van der Waals surface area (Å²) in [5.41, 5.74) is 0. The van der Waals surface area contributed by atoms with Crippen LogP contribution >= 0.6 is 27.5 Å². The zero-order valence-electron chi connectivity index (χ0n) is 9.08. The molecule has 90 valence electrons. The molecule has 1 heterocycles. The summed E-state index contributed by atoms with van der Waals surface area (Å²) in [6, 6.07) is 0. The van der Waals surface area contributed by atoms with Crippen molar-refractivity contribution in [3.8, 4) is 0 Å². The predicted molar refractivity (Wildman–Crippen MR) is 68.7 cm³/mol. The van der Waals surface area contributed by atoms with Crippen LogP contribution in [-0.2, 0) is 0 Å². The molecular weight excluding hydrogens is 293 g/mol. The van der Waals surface area contributed by atoms with E-state index in [-0.39, 0.29) is 6.61 Å². The molecule has 0 amide bonds. The molecule has 1 unspecified atom stereocenters. The highest BCUT2D eigenvalue weighted by molar-refractivity contribution is 9.10. The second-order valence-corrected chi connectivity index (χ2v) is 4.83. The van der Waals surface area contributed by atoms with Gasteiger partial charge < -0.3 is 10.4 Å². The van der Waals surface area contributed by atoms with E-state index in [0.717, 1.165) is 19.4 Å². The van der Waals surface area contributed by atoms with Gasteiger partial charge in [-0.2, -0.15) is 0 Å². The van der Waals surface area contributed by atoms with Gasteiger partial charge in [-0.25, -0.2) is 9.97 Å². The highest BCUT2D eigenvalue weighted by Gasteiger charge is 2.06. The first-order valence-electron chi connectivity index (χ1n) is 5.16. The lowest BCUT2D eigenvalue weighted by Gasteiger charge is -2.09. The van der Waals surface area contributed by atoms with E-state index in [0.29, 0.717) is 21.4 Å². The molecule has 0 aliphatic heterocycles. The Bertz CT molecular complexity index is 338. The number of rotatable bonds is 6. The van der Waals surface area contributed by atoms with Crippen LogP contribution < -0.4 is 5.32 Å². The van der Waals surface area contributed by atoms with Crippen LogP contribution in [0.4, 0.5) is 5.82 Å². The van der Waals surface area contributed by atoms with Gasteiger partial charge in [-0.1, -0.05) is 18.5 Å². The molecule has 0 radical (unpaired) electrons.